The molecule has 3 aromatic heterocycles. The number of imidazole rings is 1. The van der Waals surface area contributed by atoms with Crippen molar-refractivity contribution in [3.63, 3.8) is 0 Å². The van der Waals surface area contributed by atoms with Crippen LogP contribution in [0.1, 0.15) is 92.4 Å². The lowest BCUT2D eigenvalue weighted by molar-refractivity contribution is 0.594. The number of aromatic nitrogens is 3. The molecule has 0 aliphatic rings. The molecule has 0 fully saturated rings. The quantitative estimate of drug-likeness (QED) is 0.192. The third kappa shape index (κ3) is 5.00. The summed E-state index contributed by atoms with van der Waals surface area (Å²) in [6, 6.07) is 31.0. The maximum atomic E-state index is 9.89. The molecule has 0 amide bonds. The van der Waals surface area contributed by atoms with Gasteiger partial charge in [-0.15, -0.1) is 0 Å². The summed E-state index contributed by atoms with van der Waals surface area (Å²) in [5.74, 6) is 1.10. The highest BCUT2D eigenvalue weighted by Gasteiger charge is 2.28. The third-order valence-corrected chi connectivity index (χ3v) is 9.07. The van der Waals surface area contributed by atoms with Gasteiger partial charge in [-0.2, -0.15) is 5.26 Å². The van der Waals surface area contributed by atoms with E-state index in [1.165, 1.54) is 22.3 Å². The molecule has 3 heterocycles. The number of furan rings is 1. The monoisotopic (exact) mass is 619 g/mol. The number of nitrogens with zero attached hydrogens (tertiary/aromatic N) is 4. The minimum atomic E-state index is -2.52. The SMILES string of the molecule is [2H]C([2H])([2H])c1cc2c(nc1C#N)oc1c(-c3nc4ccccc4n3-c3c(C(C)C)cc(-c4ccccc4)cc3C(C)C)ccc(C(C)(C)C)c12. The minimum Gasteiger partial charge on any atom is -0.437 e. The number of hydrogen-bond donors (Lipinski definition) is 0. The van der Waals surface area contributed by atoms with E-state index in [0.29, 0.717) is 16.8 Å². The van der Waals surface area contributed by atoms with Crippen LogP contribution in [0, 0.1) is 18.2 Å². The molecular formula is C42H40N4O. The second-order valence-corrected chi connectivity index (χ2v) is 14.0. The first-order valence-corrected chi connectivity index (χ1v) is 16.2. The van der Waals surface area contributed by atoms with Crippen LogP contribution in [0.25, 0.3) is 61.3 Å². The van der Waals surface area contributed by atoms with E-state index in [4.69, 9.17) is 13.5 Å². The molecule has 7 rings (SSSR count). The average Bonchev–Trinajstić information content (AvgIpc) is 3.64. The van der Waals surface area contributed by atoms with Gasteiger partial charge in [0.25, 0.3) is 0 Å². The van der Waals surface area contributed by atoms with Gasteiger partial charge in [-0.25, -0.2) is 9.97 Å². The Bertz CT molecular complexity index is 2440. The molecule has 0 spiro atoms. The highest BCUT2D eigenvalue weighted by Crippen LogP contribution is 2.45. The molecule has 0 saturated carbocycles. The van der Waals surface area contributed by atoms with E-state index in [1.54, 1.807) is 6.07 Å². The van der Waals surface area contributed by atoms with Crippen LogP contribution in [0.15, 0.2) is 89.3 Å². The molecule has 5 nitrogen and oxygen atoms in total. The zero-order valence-corrected chi connectivity index (χ0v) is 27.9. The first kappa shape index (κ1) is 27.0. The number of rotatable bonds is 5. The van der Waals surface area contributed by atoms with Crippen molar-refractivity contribution in [3.8, 4) is 34.3 Å². The lowest BCUT2D eigenvalue weighted by Crippen LogP contribution is -2.12. The number of benzene rings is 4. The fraction of sp³-hybridized carbons (Fsp3) is 0.262. The normalized spacial score (nSPS) is 13.4. The van der Waals surface area contributed by atoms with Crippen LogP contribution in [-0.4, -0.2) is 14.5 Å². The summed E-state index contributed by atoms with van der Waals surface area (Å²) in [6.07, 6.45) is 0. The number of fused-ring (bicyclic) bond motifs is 4. The number of hydrogen-bond acceptors (Lipinski definition) is 4. The molecule has 4 aromatic carbocycles. The standard InChI is InChI=1S/C42H40N4O/c1-24(2)30-21-28(27-14-10-9-11-15-27)22-31(25(3)4)38(30)46-36-17-13-12-16-34(36)44-40(46)29-18-19-33(42(6,7)8)37-32-20-26(5)35(23-43)45-41(32)47-39(29)37/h9-22,24-25H,1-8H3/i5D3. The van der Waals surface area contributed by atoms with Gasteiger partial charge in [0.15, 0.2) is 0 Å². The van der Waals surface area contributed by atoms with Gasteiger partial charge in [0, 0.05) is 14.9 Å². The number of pyridine rings is 1. The molecule has 5 heteroatoms. The van der Waals surface area contributed by atoms with Crippen molar-refractivity contribution in [3.05, 3.63) is 113 Å². The van der Waals surface area contributed by atoms with E-state index in [1.807, 2.05) is 30.3 Å². The van der Waals surface area contributed by atoms with Gasteiger partial charge < -0.3 is 4.42 Å². The van der Waals surface area contributed by atoms with E-state index >= 15 is 0 Å². The first-order chi connectivity index (χ1) is 23.7. The Hall–Kier alpha value is -5.21. The summed E-state index contributed by atoms with van der Waals surface area (Å²) in [6.45, 7) is 12.8. The lowest BCUT2D eigenvalue weighted by Gasteiger charge is -2.25. The van der Waals surface area contributed by atoms with E-state index < -0.39 is 6.85 Å². The molecular weight excluding hydrogens is 576 g/mol. The zero-order chi connectivity index (χ0) is 35.7. The second kappa shape index (κ2) is 11.2. The van der Waals surface area contributed by atoms with E-state index in [2.05, 4.69) is 113 Å². The molecule has 47 heavy (non-hydrogen) atoms. The summed E-state index contributed by atoms with van der Waals surface area (Å²) >= 11 is 0. The van der Waals surface area contributed by atoms with Crippen molar-refractivity contribution < 1.29 is 8.53 Å². The fourth-order valence-electron chi connectivity index (χ4n) is 6.74. The maximum absolute atomic E-state index is 9.89. The molecule has 0 unspecified atom stereocenters. The van der Waals surface area contributed by atoms with Crippen LogP contribution in [0.3, 0.4) is 0 Å². The summed E-state index contributed by atoms with van der Waals surface area (Å²) in [4.78, 5) is 9.76. The van der Waals surface area contributed by atoms with Crippen molar-refractivity contribution in [2.75, 3.05) is 0 Å². The summed E-state index contributed by atoms with van der Waals surface area (Å²) < 4.78 is 33.4. The predicted octanol–water partition coefficient (Wildman–Crippen LogP) is 11.4. The number of para-hydroxylation sites is 2. The Morgan fingerprint density at radius 3 is 2.15 bits per heavy atom. The number of aryl methyl sites for hydroxylation is 1. The van der Waals surface area contributed by atoms with Crippen molar-refractivity contribution in [1.29, 1.82) is 5.26 Å². The van der Waals surface area contributed by atoms with Crippen LogP contribution in [0.2, 0.25) is 0 Å². The molecule has 0 atom stereocenters. The summed E-state index contributed by atoms with van der Waals surface area (Å²) in [7, 11) is 0. The van der Waals surface area contributed by atoms with Crippen molar-refractivity contribution in [2.24, 2.45) is 0 Å². The molecule has 7 aromatic rings. The second-order valence-electron chi connectivity index (χ2n) is 14.0. The number of nitriles is 1. The first-order valence-electron chi connectivity index (χ1n) is 17.7. The molecule has 0 aliphatic heterocycles. The Balaban J connectivity index is 1.63. The molecule has 0 radical (unpaired) electrons. The Morgan fingerprint density at radius 2 is 1.51 bits per heavy atom. The van der Waals surface area contributed by atoms with Gasteiger partial charge in [-0.3, -0.25) is 4.57 Å². The molecule has 0 aliphatic carbocycles. The molecule has 0 N–H and O–H groups in total. The maximum Gasteiger partial charge on any atom is 0.228 e. The predicted molar refractivity (Wildman–Crippen MR) is 193 cm³/mol. The lowest BCUT2D eigenvalue weighted by atomic mass is 9.83. The third-order valence-electron chi connectivity index (χ3n) is 9.07. The molecule has 0 bridgehead atoms. The van der Waals surface area contributed by atoms with Crippen molar-refractivity contribution in [1.82, 2.24) is 14.5 Å². The van der Waals surface area contributed by atoms with Crippen LogP contribution in [0.4, 0.5) is 0 Å². The topological polar surface area (TPSA) is 67.6 Å². The molecule has 234 valence electrons. The molecule has 0 saturated heterocycles. The van der Waals surface area contributed by atoms with Crippen LogP contribution >= 0.6 is 0 Å². The van der Waals surface area contributed by atoms with E-state index in [0.717, 1.165) is 33.2 Å². The minimum absolute atomic E-state index is 0.0886. The Morgan fingerprint density at radius 1 is 0.830 bits per heavy atom. The van der Waals surface area contributed by atoms with Gasteiger partial charge >= 0.3 is 0 Å². The Labute approximate surface area is 280 Å². The summed E-state index contributed by atoms with van der Waals surface area (Å²) in [5.41, 5.74) is 9.61. The zero-order valence-electron chi connectivity index (χ0n) is 30.9. The van der Waals surface area contributed by atoms with E-state index in [-0.39, 0.29) is 34.2 Å². The Kier molecular flexibility index (Phi) is 6.45. The summed E-state index contributed by atoms with van der Waals surface area (Å²) in [5, 5.41) is 11.2. The largest absolute Gasteiger partial charge is 0.437 e. The van der Waals surface area contributed by atoms with Gasteiger partial charge in [-0.05, 0) is 93.9 Å². The van der Waals surface area contributed by atoms with Gasteiger partial charge in [0.1, 0.15) is 23.2 Å². The van der Waals surface area contributed by atoms with Gasteiger partial charge in [-0.1, -0.05) is 97.0 Å². The van der Waals surface area contributed by atoms with Crippen molar-refractivity contribution in [2.45, 2.75) is 72.6 Å². The van der Waals surface area contributed by atoms with Crippen LogP contribution in [0.5, 0.6) is 0 Å². The van der Waals surface area contributed by atoms with Gasteiger partial charge in [0.2, 0.25) is 5.71 Å². The average molecular weight is 620 g/mol. The highest BCUT2D eigenvalue weighted by molar-refractivity contribution is 6.11. The van der Waals surface area contributed by atoms with Crippen LogP contribution < -0.4 is 0 Å². The fourth-order valence-corrected chi connectivity index (χ4v) is 6.74. The highest BCUT2D eigenvalue weighted by atomic mass is 16.3. The van der Waals surface area contributed by atoms with Crippen molar-refractivity contribution >= 4 is 33.1 Å². The van der Waals surface area contributed by atoms with Crippen LogP contribution in [-0.2, 0) is 5.41 Å². The van der Waals surface area contributed by atoms with E-state index in [9.17, 15) is 5.26 Å². The smallest absolute Gasteiger partial charge is 0.228 e. The van der Waals surface area contributed by atoms with Gasteiger partial charge in [0.05, 0.1) is 22.3 Å².